The van der Waals surface area contributed by atoms with Crippen molar-refractivity contribution in [1.82, 2.24) is 0 Å². The van der Waals surface area contributed by atoms with E-state index >= 15 is 0 Å². The first kappa shape index (κ1) is 14.1. The van der Waals surface area contributed by atoms with Gasteiger partial charge in [-0.3, -0.25) is 10.1 Å². The first-order valence-corrected chi connectivity index (χ1v) is 6.98. The Bertz CT molecular complexity index is 488. The van der Waals surface area contributed by atoms with Crippen molar-refractivity contribution in [2.24, 2.45) is 5.41 Å². The fourth-order valence-corrected chi connectivity index (χ4v) is 2.91. The molecule has 0 heterocycles. The van der Waals surface area contributed by atoms with E-state index in [0.29, 0.717) is 11.1 Å². The molecule has 1 atom stereocenters. The number of nitrogens with one attached hydrogen (secondary N) is 1. The maximum absolute atomic E-state index is 10.7. The number of hydrogen-bond acceptors (Lipinski definition) is 3. The lowest BCUT2D eigenvalue weighted by Crippen LogP contribution is -2.38. The summed E-state index contributed by atoms with van der Waals surface area (Å²) in [5, 5.41) is 14.5. The highest BCUT2D eigenvalue weighted by Gasteiger charge is 2.32. The Morgan fingerprint density at radius 2 is 2.16 bits per heavy atom. The Morgan fingerprint density at radius 3 is 2.74 bits per heavy atom. The van der Waals surface area contributed by atoms with Gasteiger partial charge < -0.3 is 5.32 Å². The molecule has 1 aliphatic carbocycles. The summed E-state index contributed by atoms with van der Waals surface area (Å²) in [6.45, 7) is 4.51. The maximum Gasteiger partial charge on any atom is 0.271 e. The molecule has 1 aliphatic rings. The summed E-state index contributed by atoms with van der Waals surface area (Å²) in [4.78, 5) is 10.3. The maximum atomic E-state index is 10.7. The lowest BCUT2D eigenvalue weighted by molar-refractivity contribution is -0.384. The average Bonchev–Trinajstić information content (AvgIpc) is 2.33. The highest BCUT2D eigenvalue weighted by molar-refractivity contribution is 6.33. The molecule has 0 aliphatic heterocycles. The largest absolute Gasteiger partial charge is 0.381 e. The highest BCUT2D eigenvalue weighted by atomic mass is 35.5. The van der Waals surface area contributed by atoms with Crippen molar-refractivity contribution in [3.8, 4) is 0 Å². The number of hydrogen-bond donors (Lipinski definition) is 1. The van der Waals surface area contributed by atoms with Crippen LogP contribution < -0.4 is 5.32 Å². The third-order valence-electron chi connectivity index (χ3n) is 4.00. The summed E-state index contributed by atoms with van der Waals surface area (Å²) in [5.74, 6) is 0. The van der Waals surface area contributed by atoms with Crippen molar-refractivity contribution in [3.63, 3.8) is 0 Å². The van der Waals surface area contributed by atoms with Gasteiger partial charge >= 0.3 is 0 Å². The minimum absolute atomic E-state index is 0.0263. The van der Waals surface area contributed by atoms with Crippen LogP contribution in [0.15, 0.2) is 18.2 Å². The molecule has 0 bridgehead atoms. The molecule has 1 N–H and O–H groups in total. The van der Waals surface area contributed by atoms with E-state index < -0.39 is 4.92 Å². The van der Waals surface area contributed by atoms with Crippen LogP contribution in [0.4, 0.5) is 11.4 Å². The molecule has 2 rings (SSSR count). The van der Waals surface area contributed by atoms with Crippen LogP contribution in [0.25, 0.3) is 0 Å². The van der Waals surface area contributed by atoms with Crippen LogP contribution in [0, 0.1) is 15.5 Å². The number of halogens is 1. The number of nitrogens with zero attached hydrogens (tertiary/aromatic N) is 1. The second-order valence-corrected chi connectivity index (χ2v) is 6.26. The molecule has 1 unspecified atom stereocenters. The predicted molar refractivity (Wildman–Crippen MR) is 77.8 cm³/mol. The van der Waals surface area contributed by atoms with Crippen LogP contribution >= 0.6 is 11.6 Å². The molecular weight excluding hydrogens is 264 g/mol. The van der Waals surface area contributed by atoms with Crippen LogP contribution in [0.3, 0.4) is 0 Å². The predicted octanol–water partition coefficient (Wildman–Crippen LogP) is 4.63. The third-order valence-corrected chi connectivity index (χ3v) is 4.31. The van der Waals surface area contributed by atoms with Crippen molar-refractivity contribution in [1.29, 1.82) is 0 Å². The molecule has 19 heavy (non-hydrogen) atoms. The zero-order valence-corrected chi connectivity index (χ0v) is 12.0. The summed E-state index contributed by atoms with van der Waals surface area (Å²) in [5.41, 5.74) is 1.04. The topological polar surface area (TPSA) is 55.2 Å². The summed E-state index contributed by atoms with van der Waals surface area (Å²) in [7, 11) is 0. The smallest absolute Gasteiger partial charge is 0.271 e. The van der Waals surface area contributed by atoms with E-state index in [0.717, 1.165) is 12.1 Å². The van der Waals surface area contributed by atoms with Crippen LogP contribution in [-0.4, -0.2) is 11.0 Å². The molecule has 0 saturated heterocycles. The average molecular weight is 283 g/mol. The van der Waals surface area contributed by atoms with Crippen molar-refractivity contribution in [2.75, 3.05) is 5.32 Å². The van der Waals surface area contributed by atoms with E-state index in [9.17, 15) is 10.1 Å². The van der Waals surface area contributed by atoms with Crippen molar-refractivity contribution in [2.45, 2.75) is 45.6 Å². The van der Waals surface area contributed by atoms with Gasteiger partial charge in [-0.2, -0.15) is 0 Å². The Kier molecular flexibility index (Phi) is 3.99. The Labute approximate surface area is 118 Å². The summed E-state index contributed by atoms with van der Waals surface area (Å²) in [6, 6.07) is 4.95. The lowest BCUT2D eigenvalue weighted by atomic mass is 9.73. The van der Waals surface area contributed by atoms with Gasteiger partial charge in [0, 0.05) is 18.2 Å². The number of nitro benzene ring substituents is 1. The van der Waals surface area contributed by atoms with E-state index in [4.69, 9.17) is 11.6 Å². The zero-order chi connectivity index (χ0) is 14.0. The molecule has 1 saturated carbocycles. The molecule has 104 valence electrons. The molecule has 1 fully saturated rings. The molecule has 0 spiro atoms. The first-order valence-electron chi connectivity index (χ1n) is 6.60. The first-order chi connectivity index (χ1) is 8.90. The summed E-state index contributed by atoms with van der Waals surface area (Å²) in [6.07, 6.45) is 4.78. The van der Waals surface area contributed by atoms with Crippen LogP contribution in [-0.2, 0) is 0 Å². The van der Waals surface area contributed by atoms with E-state index in [1.807, 2.05) is 0 Å². The van der Waals surface area contributed by atoms with E-state index in [1.165, 1.54) is 31.4 Å². The summed E-state index contributed by atoms with van der Waals surface area (Å²) >= 11 is 6.12. The van der Waals surface area contributed by atoms with Crippen LogP contribution in [0.2, 0.25) is 5.02 Å². The number of anilines is 1. The van der Waals surface area contributed by atoms with Gasteiger partial charge in [0.2, 0.25) is 0 Å². The fourth-order valence-electron chi connectivity index (χ4n) is 2.68. The fraction of sp³-hybridized carbons (Fsp3) is 0.571. The molecule has 1 aromatic rings. The third kappa shape index (κ3) is 3.18. The monoisotopic (exact) mass is 282 g/mol. The van der Waals surface area contributed by atoms with E-state index in [1.54, 1.807) is 6.07 Å². The molecule has 0 amide bonds. The molecular formula is C14H19ClN2O2. The Balaban J connectivity index is 2.17. The molecule has 4 nitrogen and oxygen atoms in total. The number of rotatable bonds is 3. The second-order valence-electron chi connectivity index (χ2n) is 5.85. The normalized spacial score (nSPS) is 21.9. The molecule has 0 radical (unpaired) electrons. The number of non-ortho nitro benzene ring substituents is 1. The molecule has 5 heteroatoms. The number of nitro groups is 1. The van der Waals surface area contributed by atoms with E-state index in [-0.39, 0.29) is 11.1 Å². The highest BCUT2D eigenvalue weighted by Crippen LogP contribution is 2.38. The Morgan fingerprint density at radius 1 is 1.42 bits per heavy atom. The molecule has 1 aromatic carbocycles. The molecule has 0 aromatic heterocycles. The Hall–Kier alpha value is -1.29. The zero-order valence-electron chi connectivity index (χ0n) is 11.3. The van der Waals surface area contributed by atoms with Gasteiger partial charge in [-0.15, -0.1) is 0 Å². The quantitative estimate of drug-likeness (QED) is 0.649. The van der Waals surface area contributed by atoms with Gasteiger partial charge in [-0.25, -0.2) is 0 Å². The van der Waals surface area contributed by atoms with Crippen LogP contribution in [0.5, 0.6) is 0 Å². The number of benzene rings is 1. The van der Waals surface area contributed by atoms with Gasteiger partial charge in [-0.1, -0.05) is 38.3 Å². The van der Waals surface area contributed by atoms with Gasteiger partial charge in [0.05, 0.1) is 15.6 Å². The lowest BCUT2D eigenvalue weighted by Gasteiger charge is -2.39. The van der Waals surface area contributed by atoms with Gasteiger partial charge in [0.25, 0.3) is 5.69 Å². The van der Waals surface area contributed by atoms with Crippen LogP contribution in [0.1, 0.15) is 39.5 Å². The summed E-state index contributed by atoms with van der Waals surface area (Å²) < 4.78 is 0. The van der Waals surface area contributed by atoms with E-state index in [2.05, 4.69) is 19.2 Å². The van der Waals surface area contributed by atoms with Gasteiger partial charge in [0.15, 0.2) is 0 Å². The SMILES string of the molecule is CC1(C)CCCCC1Nc1ccc([N+](=O)[O-])cc1Cl. The van der Waals surface area contributed by atoms with Crippen molar-refractivity contribution >= 4 is 23.0 Å². The van der Waals surface area contributed by atoms with Gasteiger partial charge in [0.1, 0.15) is 0 Å². The second kappa shape index (κ2) is 5.37. The minimum Gasteiger partial charge on any atom is -0.381 e. The van der Waals surface area contributed by atoms with Crippen molar-refractivity contribution in [3.05, 3.63) is 33.3 Å². The van der Waals surface area contributed by atoms with Gasteiger partial charge in [-0.05, 0) is 24.3 Å². The minimum atomic E-state index is -0.430. The van der Waals surface area contributed by atoms with Crippen molar-refractivity contribution < 1.29 is 4.92 Å². The standard InChI is InChI=1S/C14H19ClN2O2/c1-14(2)8-4-3-5-13(14)16-12-7-6-10(17(18)19)9-11(12)15/h6-7,9,13,16H,3-5,8H2,1-2H3.